The molecule has 0 radical (unpaired) electrons. The predicted molar refractivity (Wildman–Crippen MR) is 79.6 cm³/mol. The van der Waals surface area contributed by atoms with E-state index in [1.165, 1.54) is 12.8 Å². The van der Waals surface area contributed by atoms with Gasteiger partial charge in [-0.3, -0.25) is 4.79 Å². The molecule has 0 heterocycles. The molecular weight excluding hydrogens is 236 g/mol. The van der Waals surface area contributed by atoms with Crippen molar-refractivity contribution in [2.75, 3.05) is 18.4 Å². The number of hydrogen-bond acceptors (Lipinski definition) is 2. The molecule has 0 aromatic heterocycles. The van der Waals surface area contributed by atoms with Gasteiger partial charge >= 0.3 is 0 Å². The van der Waals surface area contributed by atoms with Gasteiger partial charge in [-0.2, -0.15) is 0 Å². The normalized spacial score (nSPS) is 15.9. The lowest BCUT2D eigenvalue weighted by Crippen LogP contribution is -2.29. The molecule has 1 amide bonds. The van der Waals surface area contributed by atoms with Crippen LogP contribution in [0.2, 0.25) is 0 Å². The van der Waals surface area contributed by atoms with Gasteiger partial charge in [-0.25, -0.2) is 0 Å². The summed E-state index contributed by atoms with van der Waals surface area (Å²) in [7, 11) is 0. The highest BCUT2D eigenvalue weighted by Crippen LogP contribution is 2.44. The Hall–Kier alpha value is -1.51. The molecule has 0 atom stereocenters. The van der Waals surface area contributed by atoms with Crippen LogP contribution in [0.15, 0.2) is 18.2 Å². The molecular formula is C16H24N2O. The number of rotatable bonds is 6. The van der Waals surface area contributed by atoms with Crippen LogP contribution in [-0.2, 0) is 0 Å². The number of amides is 1. The summed E-state index contributed by atoms with van der Waals surface area (Å²) in [5, 5.41) is 6.40. The standard InChI is InChI=1S/C16H24N2O/c1-4-9-17-14-6-5-13(10-12(14)2)15(19)18-11-16(3)7-8-16/h5-6,10,17H,4,7-9,11H2,1-3H3,(H,18,19). The smallest absolute Gasteiger partial charge is 0.251 e. The number of carbonyl (C=O) groups is 1. The third-order valence-electron chi connectivity index (χ3n) is 3.83. The Morgan fingerprint density at radius 3 is 2.68 bits per heavy atom. The molecule has 0 unspecified atom stereocenters. The second-order valence-electron chi connectivity index (χ2n) is 5.95. The molecule has 104 valence electrons. The molecule has 0 spiro atoms. The molecule has 2 rings (SSSR count). The highest BCUT2D eigenvalue weighted by molar-refractivity contribution is 5.94. The Labute approximate surface area is 115 Å². The summed E-state index contributed by atoms with van der Waals surface area (Å²) in [6.45, 7) is 8.15. The second kappa shape index (κ2) is 5.64. The molecule has 1 fully saturated rings. The first kappa shape index (κ1) is 13.9. The maximum atomic E-state index is 12.1. The van der Waals surface area contributed by atoms with Crippen molar-refractivity contribution in [2.24, 2.45) is 5.41 Å². The van der Waals surface area contributed by atoms with Crippen molar-refractivity contribution in [3.05, 3.63) is 29.3 Å². The SMILES string of the molecule is CCCNc1ccc(C(=O)NCC2(C)CC2)cc1C. The minimum Gasteiger partial charge on any atom is -0.385 e. The van der Waals surface area contributed by atoms with Crippen LogP contribution in [0.25, 0.3) is 0 Å². The number of benzene rings is 1. The molecule has 1 saturated carbocycles. The third-order valence-corrected chi connectivity index (χ3v) is 3.83. The van der Waals surface area contributed by atoms with Crippen molar-refractivity contribution in [1.29, 1.82) is 0 Å². The maximum Gasteiger partial charge on any atom is 0.251 e. The van der Waals surface area contributed by atoms with Crippen molar-refractivity contribution in [3.8, 4) is 0 Å². The number of carbonyl (C=O) groups excluding carboxylic acids is 1. The van der Waals surface area contributed by atoms with Crippen LogP contribution in [0, 0.1) is 12.3 Å². The van der Waals surface area contributed by atoms with Gasteiger partial charge in [0, 0.05) is 24.3 Å². The van der Waals surface area contributed by atoms with E-state index in [1.54, 1.807) is 0 Å². The molecule has 1 aliphatic carbocycles. The Morgan fingerprint density at radius 2 is 2.11 bits per heavy atom. The van der Waals surface area contributed by atoms with E-state index in [4.69, 9.17) is 0 Å². The summed E-state index contributed by atoms with van der Waals surface area (Å²) < 4.78 is 0. The summed E-state index contributed by atoms with van der Waals surface area (Å²) in [5.41, 5.74) is 3.35. The van der Waals surface area contributed by atoms with Crippen LogP contribution < -0.4 is 10.6 Å². The highest BCUT2D eigenvalue weighted by Gasteiger charge is 2.37. The molecule has 19 heavy (non-hydrogen) atoms. The second-order valence-corrected chi connectivity index (χ2v) is 5.95. The molecule has 1 aromatic carbocycles. The molecule has 0 bridgehead atoms. The third kappa shape index (κ3) is 3.72. The Bertz CT molecular complexity index is 464. The fraction of sp³-hybridized carbons (Fsp3) is 0.562. The fourth-order valence-electron chi connectivity index (χ4n) is 2.05. The first-order valence-corrected chi connectivity index (χ1v) is 7.17. The topological polar surface area (TPSA) is 41.1 Å². The minimum atomic E-state index is 0.0401. The molecule has 0 aliphatic heterocycles. The van der Waals surface area contributed by atoms with E-state index in [-0.39, 0.29) is 5.91 Å². The lowest BCUT2D eigenvalue weighted by atomic mass is 10.1. The zero-order valence-electron chi connectivity index (χ0n) is 12.2. The number of nitrogens with one attached hydrogen (secondary N) is 2. The van der Waals surface area contributed by atoms with Gasteiger partial charge in [0.1, 0.15) is 0 Å². The van der Waals surface area contributed by atoms with Crippen LogP contribution in [0.3, 0.4) is 0 Å². The molecule has 0 saturated heterocycles. The summed E-state index contributed by atoms with van der Waals surface area (Å²) in [5.74, 6) is 0.0401. The molecule has 2 N–H and O–H groups in total. The Morgan fingerprint density at radius 1 is 1.37 bits per heavy atom. The van der Waals surface area contributed by atoms with E-state index < -0.39 is 0 Å². The van der Waals surface area contributed by atoms with E-state index in [0.717, 1.165) is 36.3 Å². The lowest BCUT2D eigenvalue weighted by Gasteiger charge is -2.12. The van der Waals surface area contributed by atoms with Crippen LogP contribution in [0.1, 0.15) is 49.0 Å². The Kier molecular flexibility index (Phi) is 4.13. The zero-order chi connectivity index (χ0) is 13.9. The monoisotopic (exact) mass is 260 g/mol. The van der Waals surface area contributed by atoms with Crippen molar-refractivity contribution in [3.63, 3.8) is 0 Å². The van der Waals surface area contributed by atoms with Crippen molar-refractivity contribution in [1.82, 2.24) is 5.32 Å². The summed E-state index contributed by atoms with van der Waals surface area (Å²) in [6, 6.07) is 5.86. The largest absolute Gasteiger partial charge is 0.385 e. The number of anilines is 1. The zero-order valence-corrected chi connectivity index (χ0v) is 12.2. The summed E-state index contributed by atoms with van der Waals surface area (Å²) >= 11 is 0. The van der Waals surface area contributed by atoms with Gasteiger partial charge < -0.3 is 10.6 Å². The minimum absolute atomic E-state index is 0.0401. The first-order chi connectivity index (χ1) is 9.04. The quantitative estimate of drug-likeness (QED) is 0.823. The van der Waals surface area contributed by atoms with E-state index in [2.05, 4.69) is 24.5 Å². The van der Waals surface area contributed by atoms with E-state index in [9.17, 15) is 4.79 Å². The molecule has 3 heteroatoms. The van der Waals surface area contributed by atoms with E-state index in [1.807, 2.05) is 25.1 Å². The number of hydrogen-bond donors (Lipinski definition) is 2. The van der Waals surface area contributed by atoms with Gasteiger partial charge in [0.05, 0.1) is 0 Å². The highest BCUT2D eigenvalue weighted by atomic mass is 16.1. The van der Waals surface area contributed by atoms with Gasteiger partial charge in [-0.05, 0) is 55.4 Å². The Balaban J connectivity index is 1.96. The van der Waals surface area contributed by atoms with E-state index in [0.29, 0.717) is 5.41 Å². The van der Waals surface area contributed by atoms with Gasteiger partial charge in [0.2, 0.25) is 0 Å². The van der Waals surface area contributed by atoms with Gasteiger partial charge in [-0.1, -0.05) is 13.8 Å². The van der Waals surface area contributed by atoms with Crippen LogP contribution in [-0.4, -0.2) is 19.0 Å². The first-order valence-electron chi connectivity index (χ1n) is 7.17. The molecule has 1 aromatic rings. The maximum absolute atomic E-state index is 12.1. The summed E-state index contributed by atoms with van der Waals surface area (Å²) in [4.78, 5) is 12.1. The fourth-order valence-corrected chi connectivity index (χ4v) is 2.05. The summed E-state index contributed by atoms with van der Waals surface area (Å²) in [6.07, 6.45) is 3.55. The molecule has 1 aliphatic rings. The van der Waals surface area contributed by atoms with Gasteiger partial charge in [0.15, 0.2) is 0 Å². The average Bonchev–Trinajstić information content (AvgIpc) is 3.13. The van der Waals surface area contributed by atoms with Crippen LogP contribution >= 0.6 is 0 Å². The van der Waals surface area contributed by atoms with E-state index >= 15 is 0 Å². The lowest BCUT2D eigenvalue weighted by molar-refractivity contribution is 0.0946. The van der Waals surface area contributed by atoms with Gasteiger partial charge in [0.25, 0.3) is 5.91 Å². The van der Waals surface area contributed by atoms with Crippen LogP contribution in [0.5, 0.6) is 0 Å². The predicted octanol–water partition coefficient (Wildman–Crippen LogP) is 3.35. The van der Waals surface area contributed by atoms with Crippen molar-refractivity contribution < 1.29 is 4.79 Å². The molecule has 3 nitrogen and oxygen atoms in total. The number of aryl methyl sites for hydroxylation is 1. The van der Waals surface area contributed by atoms with Gasteiger partial charge in [-0.15, -0.1) is 0 Å². The average molecular weight is 260 g/mol. The van der Waals surface area contributed by atoms with Crippen molar-refractivity contribution in [2.45, 2.75) is 40.0 Å². The van der Waals surface area contributed by atoms with Crippen molar-refractivity contribution >= 4 is 11.6 Å². The van der Waals surface area contributed by atoms with Crippen LogP contribution in [0.4, 0.5) is 5.69 Å².